The van der Waals surface area contributed by atoms with Gasteiger partial charge < -0.3 is 4.90 Å². The van der Waals surface area contributed by atoms with Crippen LogP contribution < -0.4 is 0 Å². The Morgan fingerprint density at radius 2 is 1.35 bits per heavy atom. The van der Waals surface area contributed by atoms with Crippen LogP contribution in [-0.4, -0.2) is 24.5 Å². The summed E-state index contributed by atoms with van der Waals surface area (Å²) in [5.41, 5.74) is 0. The average Bonchev–Trinajstić information content (AvgIpc) is 2.34. The number of rotatable bonds is 7. The second-order valence-corrected chi connectivity index (χ2v) is 4.43. The lowest BCUT2D eigenvalue weighted by atomic mass is 9.97. The Kier molecular flexibility index (Phi) is 23.9. The second-order valence-electron chi connectivity index (χ2n) is 4.43. The molecule has 0 amide bonds. The molecule has 0 heterocycles. The van der Waals surface area contributed by atoms with Crippen LogP contribution >= 0.6 is 0 Å². The maximum absolute atomic E-state index is 2.53. The minimum Gasteiger partial charge on any atom is -0.303 e. The Hall–Kier alpha value is -0.0400. The van der Waals surface area contributed by atoms with Crippen molar-refractivity contribution in [2.45, 2.75) is 87.1 Å². The quantitative estimate of drug-likeness (QED) is 0.564. The Labute approximate surface area is 112 Å². The van der Waals surface area contributed by atoms with Crippen LogP contribution in [0.15, 0.2) is 0 Å². The molecular weight excluding hydrogens is 206 g/mol. The first kappa shape index (κ1) is 22.2. The minimum atomic E-state index is 0.792. The van der Waals surface area contributed by atoms with Gasteiger partial charge in [-0.25, -0.2) is 0 Å². The molecule has 0 saturated carbocycles. The topological polar surface area (TPSA) is 3.24 Å². The van der Waals surface area contributed by atoms with Crippen LogP contribution in [0.25, 0.3) is 0 Å². The molecule has 0 aromatic carbocycles. The molecule has 0 spiro atoms. The van der Waals surface area contributed by atoms with Crippen molar-refractivity contribution in [3.05, 3.63) is 0 Å². The molecule has 0 aliphatic carbocycles. The van der Waals surface area contributed by atoms with Gasteiger partial charge in [-0.3, -0.25) is 0 Å². The average molecular weight is 245 g/mol. The fraction of sp³-hybridized carbons (Fsp3) is 1.00. The maximum atomic E-state index is 2.53. The molecule has 0 rings (SSSR count). The van der Waals surface area contributed by atoms with Gasteiger partial charge in [-0.05, 0) is 32.4 Å². The fourth-order valence-corrected chi connectivity index (χ4v) is 1.99. The molecule has 1 unspecified atom stereocenters. The van der Waals surface area contributed by atoms with E-state index in [-0.39, 0.29) is 0 Å². The van der Waals surface area contributed by atoms with Crippen molar-refractivity contribution in [1.82, 2.24) is 4.90 Å². The van der Waals surface area contributed by atoms with Gasteiger partial charge in [-0.2, -0.15) is 0 Å². The van der Waals surface area contributed by atoms with E-state index in [9.17, 15) is 0 Å². The van der Waals surface area contributed by atoms with Crippen LogP contribution in [0.1, 0.15) is 81.1 Å². The van der Waals surface area contributed by atoms with Gasteiger partial charge in [0.25, 0.3) is 0 Å². The van der Waals surface area contributed by atoms with Crippen molar-refractivity contribution in [3.8, 4) is 0 Å². The molecule has 108 valence electrons. The normalized spacial score (nSPS) is 11.5. The van der Waals surface area contributed by atoms with Crippen LogP contribution in [0.3, 0.4) is 0 Å². The first-order chi connectivity index (χ1) is 8.13. The van der Waals surface area contributed by atoms with Crippen LogP contribution in [0.5, 0.6) is 0 Å². The molecule has 17 heavy (non-hydrogen) atoms. The van der Waals surface area contributed by atoms with E-state index in [0.29, 0.717) is 0 Å². The summed E-state index contributed by atoms with van der Waals surface area (Å²) in [7, 11) is 2.27. The molecule has 1 heteroatoms. The standard InChI is InChI=1S/C12H27N.2C2H6/c1-6-8-9-12(11(3)4)13(5)10-7-2;2*1-2/h11-12H,6-10H2,1-5H3;2*1-2H3. The summed E-state index contributed by atoms with van der Waals surface area (Å²) in [6.07, 6.45) is 5.33. The largest absolute Gasteiger partial charge is 0.303 e. The van der Waals surface area contributed by atoms with E-state index in [0.717, 1.165) is 12.0 Å². The molecule has 0 N–H and O–H groups in total. The summed E-state index contributed by atoms with van der Waals surface area (Å²) in [6.45, 7) is 18.5. The predicted molar refractivity (Wildman–Crippen MR) is 83.8 cm³/mol. The lowest BCUT2D eigenvalue weighted by Crippen LogP contribution is -2.36. The van der Waals surface area contributed by atoms with E-state index >= 15 is 0 Å². The molecule has 0 radical (unpaired) electrons. The van der Waals surface area contributed by atoms with Gasteiger partial charge in [0.05, 0.1) is 0 Å². The highest BCUT2D eigenvalue weighted by Gasteiger charge is 2.16. The van der Waals surface area contributed by atoms with E-state index in [2.05, 4.69) is 39.6 Å². The Morgan fingerprint density at radius 3 is 1.65 bits per heavy atom. The summed E-state index contributed by atoms with van der Waals surface area (Å²) in [5.74, 6) is 0.795. The molecule has 0 aromatic rings. The Morgan fingerprint density at radius 1 is 0.882 bits per heavy atom. The molecule has 1 nitrogen and oxygen atoms in total. The number of nitrogens with zero attached hydrogens (tertiary/aromatic N) is 1. The number of hydrogen-bond acceptors (Lipinski definition) is 1. The monoisotopic (exact) mass is 245 g/mol. The Balaban J connectivity index is -0.000000439. The summed E-state index contributed by atoms with van der Waals surface area (Å²) < 4.78 is 0. The third kappa shape index (κ3) is 13.9. The van der Waals surface area contributed by atoms with Crippen molar-refractivity contribution in [1.29, 1.82) is 0 Å². The zero-order valence-electron chi connectivity index (χ0n) is 14.1. The number of hydrogen-bond donors (Lipinski definition) is 0. The van der Waals surface area contributed by atoms with Crippen molar-refractivity contribution in [2.24, 2.45) is 5.92 Å². The van der Waals surface area contributed by atoms with E-state index in [1.807, 2.05) is 27.7 Å². The molecule has 0 aromatic heterocycles. The first-order valence-corrected chi connectivity index (χ1v) is 7.83. The lowest BCUT2D eigenvalue weighted by molar-refractivity contribution is 0.178. The summed E-state index contributed by atoms with van der Waals surface area (Å²) >= 11 is 0. The third-order valence-corrected chi connectivity index (χ3v) is 2.77. The zero-order valence-corrected chi connectivity index (χ0v) is 14.1. The van der Waals surface area contributed by atoms with Gasteiger partial charge in [-0.1, -0.05) is 68.2 Å². The highest BCUT2D eigenvalue weighted by Crippen LogP contribution is 2.16. The highest BCUT2D eigenvalue weighted by atomic mass is 15.1. The van der Waals surface area contributed by atoms with Gasteiger partial charge in [0.2, 0.25) is 0 Å². The van der Waals surface area contributed by atoms with Gasteiger partial charge in [0.15, 0.2) is 0 Å². The highest BCUT2D eigenvalue weighted by molar-refractivity contribution is 4.71. The van der Waals surface area contributed by atoms with E-state index < -0.39 is 0 Å². The van der Waals surface area contributed by atoms with Crippen LogP contribution in [0.2, 0.25) is 0 Å². The third-order valence-electron chi connectivity index (χ3n) is 2.77. The molecule has 0 aliphatic rings. The molecule has 1 atom stereocenters. The summed E-state index contributed by atoms with van der Waals surface area (Å²) in [6, 6.07) is 0.792. The molecule has 0 fully saturated rings. The SMILES string of the molecule is CC.CC.CCCCC(C(C)C)N(C)CCC. The van der Waals surface area contributed by atoms with Crippen LogP contribution in [-0.2, 0) is 0 Å². The van der Waals surface area contributed by atoms with Gasteiger partial charge >= 0.3 is 0 Å². The zero-order chi connectivity index (χ0) is 14.3. The van der Waals surface area contributed by atoms with E-state index in [4.69, 9.17) is 0 Å². The second kappa shape index (κ2) is 18.3. The van der Waals surface area contributed by atoms with Crippen molar-refractivity contribution < 1.29 is 0 Å². The van der Waals surface area contributed by atoms with E-state index in [1.54, 1.807) is 0 Å². The van der Waals surface area contributed by atoms with Gasteiger partial charge in [-0.15, -0.1) is 0 Å². The lowest BCUT2D eigenvalue weighted by Gasteiger charge is -2.31. The smallest absolute Gasteiger partial charge is 0.0115 e. The first-order valence-electron chi connectivity index (χ1n) is 7.83. The molecule has 0 saturated heterocycles. The number of unbranched alkanes of at least 4 members (excludes halogenated alkanes) is 1. The summed E-state index contributed by atoms with van der Waals surface area (Å²) in [5, 5.41) is 0. The van der Waals surface area contributed by atoms with Crippen LogP contribution in [0.4, 0.5) is 0 Å². The van der Waals surface area contributed by atoms with Crippen molar-refractivity contribution in [3.63, 3.8) is 0 Å². The maximum Gasteiger partial charge on any atom is 0.0115 e. The van der Waals surface area contributed by atoms with Crippen molar-refractivity contribution in [2.75, 3.05) is 13.6 Å². The predicted octanol–water partition coefficient (Wildman–Crippen LogP) is 5.60. The minimum absolute atomic E-state index is 0.792. The molecule has 0 bridgehead atoms. The summed E-state index contributed by atoms with van der Waals surface area (Å²) in [4.78, 5) is 2.53. The molecule has 0 aliphatic heterocycles. The van der Waals surface area contributed by atoms with Gasteiger partial charge in [0.1, 0.15) is 0 Å². The Bertz CT molecular complexity index is 110. The molecular formula is C16H39N. The van der Waals surface area contributed by atoms with Crippen LogP contribution in [0, 0.1) is 5.92 Å². The van der Waals surface area contributed by atoms with Gasteiger partial charge in [0, 0.05) is 6.04 Å². The van der Waals surface area contributed by atoms with Crippen molar-refractivity contribution >= 4 is 0 Å². The fourth-order valence-electron chi connectivity index (χ4n) is 1.99. The van der Waals surface area contributed by atoms with E-state index in [1.165, 1.54) is 32.2 Å².